The molecule has 1 unspecified atom stereocenters. The van der Waals surface area contributed by atoms with Gasteiger partial charge >= 0.3 is 12.0 Å². The number of rotatable bonds is 7. The maximum Gasteiger partial charge on any atom is 0.326 e. The van der Waals surface area contributed by atoms with E-state index in [4.69, 9.17) is 5.11 Å². The van der Waals surface area contributed by atoms with Crippen LogP contribution in [0.5, 0.6) is 0 Å². The molecule has 0 aliphatic carbocycles. The maximum absolute atomic E-state index is 12.9. The van der Waals surface area contributed by atoms with E-state index >= 15 is 0 Å². The molecule has 0 aliphatic rings. The molecule has 1 aromatic carbocycles. The average Bonchev–Trinajstić information content (AvgIpc) is 2.41. The van der Waals surface area contributed by atoms with Crippen molar-refractivity contribution in [2.24, 2.45) is 0 Å². The summed E-state index contributed by atoms with van der Waals surface area (Å²) < 4.78 is 12.9. The van der Waals surface area contributed by atoms with Crippen LogP contribution in [-0.2, 0) is 11.3 Å². The van der Waals surface area contributed by atoms with Gasteiger partial charge in [0.2, 0.25) is 0 Å². The number of aliphatic carboxylic acids is 1. The van der Waals surface area contributed by atoms with Crippen molar-refractivity contribution in [1.29, 1.82) is 0 Å². The Morgan fingerprint density at radius 3 is 2.75 bits per heavy atom. The minimum atomic E-state index is -1.06. The van der Waals surface area contributed by atoms with Crippen LogP contribution in [0.3, 0.4) is 0 Å². The van der Waals surface area contributed by atoms with E-state index in [1.807, 2.05) is 6.92 Å². The molecule has 5 nitrogen and oxygen atoms in total. The Hall–Kier alpha value is -2.11. The third-order valence-corrected chi connectivity index (χ3v) is 2.79. The Labute approximate surface area is 117 Å². The van der Waals surface area contributed by atoms with Crippen LogP contribution in [0, 0.1) is 5.82 Å². The summed E-state index contributed by atoms with van der Waals surface area (Å²) in [5.41, 5.74) is 0.612. The molecule has 1 aromatic rings. The molecule has 1 rings (SSSR count). The van der Waals surface area contributed by atoms with Gasteiger partial charge in [-0.2, -0.15) is 0 Å². The molecule has 3 N–H and O–H groups in total. The highest BCUT2D eigenvalue weighted by Crippen LogP contribution is 2.03. The van der Waals surface area contributed by atoms with E-state index in [1.54, 1.807) is 12.1 Å². The highest BCUT2D eigenvalue weighted by molar-refractivity contribution is 5.82. The fourth-order valence-corrected chi connectivity index (χ4v) is 1.70. The number of carbonyl (C=O) groups excluding carboxylic acids is 1. The molecule has 0 aromatic heterocycles. The van der Waals surface area contributed by atoms with Gasteiger partial charge in [0, 0.05) is 6.54 Å². The zero-order valence-corrected chi connectivity index (χ0v) is 11.4. The van der Waals surface area contributed by atoms with Crippen LogP contribution < -0.4 is 10.6 Å². The zero-order chi connectivity index (χ0) is 15.0. The number of carboxylic acids is 1. The second-order valence-corrected chi connectivity index (χ2v) is 4.49. The van der Waals surface area contributed by atoms with Crippen LogP contribution in [0.25, 0.3) is 0 Å². The molecule has 0 heterocycles. The third-order valence-electron chi connectivity index (χ3n) is 2.79. The van der Waals surface area contributed by atoms with Gasteiger partial charge in [-0.1, -0.05) is 31.9 Å². The van der Waals surface area contributed by atoms with Crippen molar-refractivity contribution < 1.29 is 19.1 Å². The largest absolute Gasteiger partial charge is 0.480 e. The minimum Gasteiger partial charge on any atom is -0.480 e. The Balaban J connectivity index is 2.43. The third kappa shape index (κ3) is 5.69. The van der Waals surface area contributed by atoms with Crippen LogP contribution in [-0.4, -0.2) is 23.1 Å². The van der Waals surface area contributed by atoms with E-state index in [0.29, 0.717) is 12.0 Å². The number of hydrogen-bond acceptors (Lipinski definition) is 2. The molecule has 0 radical (unpaired) electrons. The van der Waals surface area contributed by atoms with Crippen LogP contribution in [0.4, 0.5) is 9.18 Å². The Bertz CT molecular complexity index is 465. The number of carboxylic acid groups (broad SMARTS) is 1. The van der Waals surface area contributed by atoms with E-state index in [2.05, 4.69) is 10.6 Å². The van der Waals surface area contributed by atoms with Crippen molar-refractivity contribution in [3.63, 3.8) is 0 Å². The van der Waals surface area contributed by atoms with Gasteiger partial charge in [-0.3, -0.25) is 0 Å². The molecule has 0 fully saturated rings. The van der Waals surface area contributed by atoms with Crippen molar-refractivity contribution in [2.75, 3.05) is 0 Å². The molecule has 0 saturated heterocycles. The summed E-state index contributed by atoms with van der Waals surface area (Å²) in [6.45, 7) is 2.09. The summed E-state index contributed by atoms with van der Waals surface area (Å²) in [6, 6.07) is 4.38. The first-order chi connectivity index (χ1) is 9.52. The number of amides is 2. The summed E-state index contributed by atoms with van der Waals surface area (Å²) in [4.78, 5) is 22.6. The fourth-order valence-electron chi connectivity index (χ4n) is 1.70. The van der Waals surface area contributed by atoms with Crippen molar-refractivity contribution in [1.82, 2.24) is 10.6 Å². The van der Waals surface area contributed by atoms with E-state index < -0.39 is 18.0 Å². The van der Waals surface area contributed by atoms with E-state index in [0.717, 1.165) is 12.8 Å². The number of unbranched alkanes of at least 4 members (excludes halogenated alkanes) is 1. The summed E-state index contributed by atoms with van der Waals surface area (Å²) in [5, 5.41) is 13.9. The minimum absolute atomic E-state index is 0.143. The van der Waals surface area contributed by atoms with Gasteiger partial charge in [0.1, 0.15) is 11.9 Å². The van der Waals surface area contributed by atoms with Crippen molar-refractivity contribution >= 4 is 12.0 Å². The van der Waals surface area contributed by atoms with Crippen LogP contribution in [0.15, 0.2) is 24.3 Å². The number of urea groups is 1. The highest BCUT2D eigenvalue weighted by atomic mass is 19.1. The Morgan fingerprint density at radius 2 is 2.15 bits per heavy atom. The lowest BCUT2D eigenvalue weighted by molar-refractivity contribution is -0.139. The van der Waals surface area contributed by atoms with Crippen LogP contribution in [0.2, 0.25) is 0 Å². The summed E-state index contributed by atoms with van der Waals surface area (Å²) in [6.07, 6.45) is 1.97. The standard InChI is InChI=1S/C14H19FN2O3/c1-2-3-7-12(13(18)19)17-14(20)16-9-10-5-4-6-11(15)8-10/h4-6,8,12H,2-3,7,9H2,1H3,(H,18,19)(H2,16,17,20). The predicted molar refractivity (Wildman–Crippen MR) is 72.7 cm³/mol. The number of nitrogens with one attached hydrogen (secondary N) is 2. The van der Waals surface area contributed by atoms with E-state index in [9.17, 15) is 14.0 Å². The van der Waals surface area contributed by atoms with Gasteiger partial charge in [0.25, 0.3) is 0 Å². The first kappa shape index (κ1) is 15.9. The molecule has 0 saturated carbocycles. The van der Waals surface area contributed by atoms with Crippen molar-refractivity contribution in [2.45, 2.75) is 38.8 Å². The quantitative estimate of drug-likeness (QED) is 0.718. The normalized spacial score (nSPS) is 11.7. The van der Waals surface area contributed by atoms with Gasteiger partial charge in [0.05, 0.1) is 0 Å². The van der Waals surface area contributed by atoms with Gasteiger partial charge in [-0.05, 0) is 24.1 Å². The molecule has 0 spiro atoms. The molecule has 0 bridgehead atoms. The number of carbonyl (C=O) groups is 2. The second kappa shape index (κ2) is 8.14. The fraction of sp³-hybridized carbons (Fsp3) is 0.429. The monoisotopic (exact) mass is 282 g/mol. The molecule has 0 aliphatic heterocycles. The van der Waals surface area contributed by atoms with E-state index in [-0.39, 0.29) is 12.4 Å². The molecule has 1 atom stereocenters. The van der Waals surface area contributed by atoms with Crippen molar-refractivity contribution in [3.05, 3.63) is 35.6 Å². The lowest BCUT2D eigenvalue weighted by Crippen LogP contribution is -2.45. The molecule has 2 amide bonds. The Morgan fingerprint density at radius 1 is 1.40 bits per heavy atom. The van der Waals surface area contributed by atoms with Gasteiger partial charge in [-0.25, -0.2) is 14.0 Å². The number of hydrogen-bond donors (Lipinski definition) is 3. The first-order valence-corrected chi connectivity index (χ1v) is 6.54. The average molecular weight is 282 g/mol. The summed E-state index contributed by atoms with van der Waals surface area (Å²) in [5.74, 6) is -1.43. The zero-order valence-electron chi connectivity index (χ0n) is 11.4. The smallest absolute Gasteiger partial charge is 0.326 e. The molecule has 20 heavy (non-hydrogen) atoms. The lowest BCUT2D eigenvalue weighted by atomic mass is 10.1. The SMILES string of the molecule is CCCCC(NC(=O)NCc1cccc(F)c1)C(=O)O. The first-order valence-electron chi connectivity index (χ1n) is 6.54. The second-order valence-electron chi connectivity index (χ2n) is 4.49. The lowest BCUT2D eigenvalue weighted by Gasteiger charge is -2.14. The summed E-state index contributed by atoms with van der Waals surface area (Å²) >= 11 is 0. The van der Waals surface area contributed by atoms with Gasteiger partial charge in [0.15, 0.2) is 0 Å². The number of halogens is 1. The van der Waals surface area contributed by atoms with Gasteiger partial charge in [-0.15, -0.1) is 0 Å². The van der Waals surface area contributed by atoms with Crippen molar-refractivity contribution in [3.8, 4) is 0 Å². The molecular weight excluding hydrogens is 263 g/mol. The maximum atomic E-state index is 12.9. The number of benzene rings is 1. The molecule has 6 heteroatoms. The highest BCUT2D eigenvalue weighted by Gasteiger charge is 2.18. The topological polar surface area (TPSA) is 78.4 Å². The van der Waals surface area contributed by atoms with E-state index in [1.165, 1.54) is 12.1 Å². The molecule has 110 valence electrons. The van der Waals surface area contributed by atoms with Gasteiger partial charge < -0.3 is 15.7 Å². The summed E-state index contributed by atoms with van der Waals surface area (Å²) in [7, 11) is 0. The molecular formula is C14H19FN2O3. The van der Waals surface area contributed by atoms with Crippen LogP contribution in [0.1, 0.15) is 31.7 Å². The van der Waals surface area contributed by atoms with Crippen LogP contribution >= 0.6 is 0 Å². The predicted octanol–water partition coefficient (Wildman–Crippen LogP) is 2.27. The Kier molecular flexibility index (Phi) is 6.49.